The summed E-state index contributed by atoms with van der Waals surface area (Å²) in [4.78, 5) is 0. The van der Waals surface area contributed by atoms with E-state index in [0.29, 0.717) is 6.54 Å². The monoisotopic (exact) mass is 226 g/mol. The van der Waals surface area contributed by atoms with Gasteiger partial charge in [-0.1, -0.05) is 42.0 Å². The zero-order chi connectivity index (χ0) is 12.1. The van der Waals surface area contributed by atoms with E-state index >= 15 is 0 Å². The van der Waals surface area contributed by atoms with E-state index in [4.69, 9.17) is 5.73 Å². The fourth-order valence-corrected chi connectivity index (χ4v) is 1.68. The van der Waals surface area contributed by atoms with E-state index in [9.17, 15) is 4.39 Å². The molecule has 0 aliphatic rings. The second-order valence-electron chi connectivity index (χ2n) is 3.98. The van der Waals surface area contributed by atoms with E-state index in [1.807, 2.05) is 25.5 Å². The van der Waals surface area contributed by atoms with Crippen molar-refractivity contribution in [2.45, 2.75) is 12.9 Å². The molecule has 17 heavy (non-hydrogen) atoms. The molecule has 0 bridgehead atoms. The molecule has 2 aromatic rings. The van der Waals surface area contributed by atoms with Crippen LogP contribution >= 0.6 is 0 Å². The molecule has 2 rings (SSSR count). The lowest BCUT2D eigenvalue weighted by atomic mass is 9.65. The van der Waals surface area contributed by atoms with Crippen LogP contribution in [0.2, 0.25) is 0 Å². The minimum atomic E-state index is -0.197. The van der Waals surface area contributed by atoms with Crippen LogP contribution in [0.1, 0.15) is 11.1 Å². The Morgan fingerprint density at radius 1 is 1.00 bits per heavy atom. The number of hydrogen-bond donors (Lipinski definition) is 1. The first-order valence-corrected chi connectivity index (χ1v) is 5.64. The highest BCUT2D eigenvalue weighted by Crippen LogP contribution is 2.04. The Balaban J connectivity index is 1.97. The highest BCUT2D eigenvalue weighted by atomic mass is 19.1. The summed E-state index contributed by atoms with van der Waals surface area (Å²) in [5, 5.41) is 0. The molecule has 3 heteroatoms. The maximum absolute atomic E-state index is 13.0. The summed E-state index contributed by atoms with van der Waals surface area (Å²) in [7, 11) is 2.01. The standard InChI is InChI=1S/C14H14BFN/c16-14-3-1-2-13(8-14)15-9-11-4-6-12(10-17)7-5-11/h1-8H,9-10,17H2/q-1. The van der Waals surface area contributed by atoms with Crippen LogP contribution in [0, 0.1) is 5.82 Å². The maximum Gasteiger partial charge on any atom is 0.119 e. The molecule has 86 valence electrons. The van der Waals surface area contributed by atoms with Crippen LogP contribution in [0.3, 0.4) is 0 Å². The first-order chi connectivity index (χ1) is 8.28. The van der Waals surface area contributed by atoms with Crippen LogP contribution in [-0.4, -0.2) is 7.28 Å². The van der Waals surface area contributed by atoms with E-state index in [0.717, 1.165) is 17.3 Å². The van der Waals surface area contributed by atoms with Gasteiger partial charge in [0.05, 0.1) is 0 Å². The van der Waals surface area contributed by atoms with Gasteiger partial charge < -0.3 is 5.73 Å². The Morgan fingerprint density at radius 2 is 1.71 bits per heavy atom. The number of rotatable bonds is 4. The Hall–Kier alpha value is -1.61. The molecule has 0 heterocycles. The molecule has 2 aromatic carbocycles. The third-order valence-electron chi connectivity index (χ3n) is 2.68. The van der Waals surface area contributed by atoms with Gasteiger partial charge in [0.2, 0.25) is 0 Å². The predicted octanol–water partition coefficient (Wildman–Crippen LogP) is 1.81. The minimum absolute atomic E-state index is 0.197. The zero-order valence-electron chi connectivity index (χ0n) is 9.57. The molecular formula is C14H14BFN-. The molecular weight excluding hydrogens is 212 g/mol. The van der Waals surface area contributed by atoms with Gasteiger partial charge >= 0.3 is 0 Å². The van der Waals surface area contributed by atoms with Crippen molar-refractivity contribution in [3.8, 4) is 0 Å². The molecule has 0 aromatic heterocycles. The first-order valence-electron chi connectivity index (χ1n) is 5.64. The second kappa shape index (κ2) is 5.64. The summed E-state index contributed by atoms with van der Waals surface area (Å²) in [5.41, 5.74) is 8.77. The number of halogens is 1. The number of benzene rings is 2. The molecule has 0 amide bonds. The smallest absolute Gasteiger partial charge is 0.119 e. The van der Waals surface area contributed by atoms with Crippen molar-refractivity contribution in [3.63, 3.8) is 0 Å². The normalized spacial score (nSPS) is 10.5. The van der Waals surface area contributed by atoms with Gasteiger partial charge in [-0.15, -0.1) is 6.07 Å². The van der Waals surface area contributed by atoms with Gasteiger partial charge in [-0.3, -0.25) is 12.7 Å². The van der Waals surface area contributed by atoms with Gasteiger partial charge in [-0.2, -0.15) is 0 Å². The molecule has 1 nitrogen and oxygen atoms in total. The summed E-state index contributed by atoms with van der Waals surface area (Å²) in [5.74, 6) is -0.197. The lowest BCUT2D eigenvalue weighted by molar-refractivity contribution is 0.629. The highest BCUT2D eigenvalue weighted by molar-refractivity contribution is 6.52. The molecule has 0 unspecified atom stereocenters. The van der Waals surface area contributed by atoms with E-state index in [1.165, 1.54) is 17.7 Å². The van der Waals surface area contributed by atoms with Crippen molar-refractivity contribution in [2.75, 3.05) is 0 Å². The van der Waals surface area contributed by atoms with Crippen LogP contribution < -0.4 is 11.2 Å². The van der Waals surface area contributed by atoms with Crippen molar-refractivity contribution in [2.24, 2.45) is 5.73 Å². The lowest BCUT2D eigenvalue weighted by Gasteiger charge is -2.16. The van der Waals surface area contributed by atoms with Gasteiger partial charge in [-0.05, 0) is 11.6 Å². The molecule has 2 N–H and O–H groups in total. The summed E-state index contributed by atoms with van der Waals surface area (Å²) < 4.78 is 13.0. The average Bonchev–Trinajstić information content (AvgIpc) is 2.37. The molecule has 0 saturated heterocycles. The summed E-state index contributed by atoms with van der Waals surface area (Å²) in [6.45, 7) is 0.563. The third-order valence-corrected chi connectivity index (χ3v) is 2.68. The second-order valence-corrected chi connectivity index (χ2v) is 3.98. The molecule has 0 fully saturated rings. The summed E-state index contributed by atoms with van der Waals surface area (Å²) >= 11 is 0. The largest absolute Gasteiger partial charge is 0.326 e. The van der Waals surface area contributed by atoms with E-state index in [1.54, 1.807) is 6.07 Å². The minimum Gasteiger partial charge on any atom is -0.326 e. The van der Waals surface area contributed by atoms with Crippen LogP contribution in [0.25, 0.3) is 0 Å². The van der Waals surface area contributed by atoms with Crippen molar-refractivity contribution in [1.29, 1.82) is 0 Å². The molecule has 0 saturated carbocycles. The highest BCUT2D eigenvalue weighted by Gasteiger charge is 1.89. The van der Waals surface area contributed by atoms with Crippen LogP contribution in [-0.2, 0) is 12.9 Å². The Kier molecular flexibility index (Phi) is 3.94. The van der Waals surface area contributed by atoms with Crippen LogP contribution in [0.4, 0.5) is 4.39 Å². The quantitative estimate of drug-likeness (QED) is 0.790. The average molecular weight is 226 g/mol. The summed E-state index contributed by atoms with van der Waals surface area (Å²) in [6, 6.07) is 14.8. The van der Waals surface area contributed by atoms with Crippen molar-refractivity contribution < 1.29 is 4.39 Å². The fraction of sp³-hybridized carbons (Fsp3) is 0.143. The van der Waals surface area contributed by atoms with Gasteiger partial charge in [0, 0.05) is 6.54 Å². The van der Waals surface area contributed by atoms with E-state index in [2.05, 4.69) is 12.1 Å². The molecule has 0 aliphatic carbocycles. The maximum atomic E-state index is 13.0. The molecule has 2 radical (unpaired) electrons. The van der Waals surface area contributed by atoms with Gasteiger partial charge in [-0.25, -0.2) is 10.7 Å². The number of nitrogens with two attached hydrogens (primary N) is 1. The van der Waals surface area contributed by atoms with Crippen LogP contribution in [0.15, 0.2) is 48.5 Å². The Bertz CT molecular complexity index is 482. The van der Waals surface area contributed by atoms with Crippen molar-refractivity contribution in [1.82, 2.24) is 0 Å². The van der Waals surface area contributed by atoms with Crippen molar-refractivity contribution >= 4 is 12.7 Å². The Morgan fingerprint density at radius 3 is 2.35 bits per heavy atom. The topological polar surface area (TPSA) is 26.0 Å². The lowest BCUT2D eigenvalue weighted by Crippen LogP contribution is -2.16. The van der Waals surface area contributed by atoms with Crippen LogP contribution in [0.5, 0.6) is 0 Å². The Labute approximate surface area is 102 Å². The van der Waals surface area contributed by atoms with Gasteiger partial charge in [0.15, 0.2) is 0 Å². The molecule has 0 aliphatic heterocycles. The molecule has 0 atom stereocenters. The molecule has 0 spiro atoms. The number of hydrogen-bond acceptors (Lipinski definition) is 1. The van der Waals surface area contributed by atoms with E-state index in [-0.39, 0.29) is 5.82 Å². The van der Waals surface area contributed by atoms with Gasteiger partial charge in [0.25, 0.3) is 0 Å². The van der Waals surface area contributed by atoms with Crippen molar-refractivity contribution in [3.05, 3.63) is 65.5 Å². The SMILES string of the molecule is NCc1ccc(C[B-]c2cccc(F)c2)cc1. The fourth-order valence-electron chi connectivity index (χ4n) is 1.68. The third kappa shape index (κ3) is 3.43. The van der Waals surface area contributed by atoms with E-state index < -0.39 is 0 Å². The predicted molar refractivity (Wildman–Crippen MR) is 69.8 cm³/mol. The first kappa shape index (κ1) is 11.9. The van der Waals surface area contributed by atoms with Gasteiger partial charge in [0.1, 0.15) is 5.82 Å². The zero-order valence-corrected chi connectivity index (χ0v) is 9.57. The summed E-state index contributed by atoms with van der Waals surface area (Å²) in [6.07, 6.45) is 0.800.